The third-order valence-electron chi connectivity index (χ3n) is 4.97. The Morgan fingerprint density at radius 2 is 1.59 bits per heavy atom. The fourth-order valence-corrected chi connectivity index (χ4v) is 4.55. The number of piperazine rings is 1. The summed E-state index contributed by atoms with van der Waals surface area (Å²) in [4.78, 5) is 14.2. The van der Waals surface area contributed by atoms with E-state index in [0.29, 0.717) is 24.8 Å². The Hall–Kier alpha value is -2.58. The molecular formula is C21H26N2O5S. The smallest absolute Gasteiger partial charge is 0.260 e. The van der Waals surface area contributed by atoms with Crippen molar-refractivity contribution in [2.45, 2.75) is 24.7 Å². The molecule has 2 aromatic carbocycles. The highest BCUT2D eigenvalue weighted by Crippen LogP contribution is 2.21. The first-order valence-electron chi connectivity index (χ1n) is 9.57. The van der Waals surface area contributed by atoms with Crippen molar-refractivity contribution in [1.82, 2.24) is 9.21 Å². The number of amides is 1. The van der Waals surface area contributed by atoms with E-state index in [1.807, 2.05) is 12.1 Å². The minimum atomic E-state index is -3.57. The van der Waals surface area contributed by atoms with Gasteiger partial charge in [-0.3, -0.25) is 4.79 Å². The van der Waals surface area contributed by atoms with Gasteiger partial charge in [0.1, 0.15) is 11.5 Å². The van der Waals surface area contributed by atoms with Crippen LogP contribution >= 0.6 is 0 Å². The molecule has 1 aliphatic rings. The molecule has 29 heavy (non-hydrogen) atoms. The SMILES string of the molecule is CC(C)c1ccc(S(=O)(=O)N2CCN(C(=O)COc3ccc(O)cc3)CC2)cc1. The van der Waals surface area contributed by atoms with Crippen LogP contribution in [0.25, 0.3) is 0 Å². The first-order chi connectivity index (χ1) is 13.8. The third kappa shape index (κ3) is 5.07. The largest absolute Gasteiger partial charge is 0.508 e. The lowest BCUT2D eigenvalue weighted by molar-refractivity contribution is -0.134. The number of nitrogens with zero attached hydrogens (tertiary/aromatic N) is 2. The van der Waals surface area contributed by atoms with Gasteiger partial charge < -0.3 is 14.7 Å². The van der Waals surface area contributed by atoms with Crippen LogP contribution in [0.4, 0.5) is 0 Å². The van der Waals surface area contributed by atoms with Gasteiger partial charge in [-0.25, -0.2) is 8.42 Å². The van der Waals surface area contributed by atoms with Gasteiger partial charge in [-0.2, -0.15) is 4.31 Å². The molecule has 1 aliphatic heterocycles. The quantitative estimate of drug-likeness (QED) is 0.779. The first-order valence-corrected chi connectivity index (χ1v) is 11.0. The van der Waals surface area contributed by atoms with Crippen LogP contribution in [0.5, 0.6) is 11.5 Å². The Labute approximate surface area is 171 Å². The van der Waals surface area contributed by atoms with Crippen molar-refractivity contribution >= 4 is 15.9 Å². The zero-order chi connectivity index (χ0) is 21.0. The van der Waals surface area contributed by atoms with E-state index in [9.17, 15) is 18.3 Å². The van der Waals surface area contributed by atoms with Crippen LogP contribution in [0.3, 0.4) is 0 Å². The third-order valence-corrected chi connectivity index (χ3v) is 6.89. The van der Waals surface area contributed by atoms with E-state index in [4.69, 9.17) is 4.74 Å². The summed E-state index contributed by atoms with van der Waals surface area (Å²) in [5.41, 5.74) is 1.09. The molecule has 8 heteroatoms. The van der Waals surface area contributed by atoms with Crippen LogP contribution in [0, 0.1) is 0 Å². The van der Waals surface area contributed by atoms with Gasteiger partial charge in [0, 0.05) is 26.2 Å². The summed E-state index contributed by atoms with van der Waals surface area (Å²) in [5, 5.41) is 9.26. The van der Waals surface area contributed by atoms with E-state index in [0.717, 1.165) is 5.56 Å². The molecule has 0 radical (unpaired) electrons. The average Bonchev–Trinajstić information content (AvgIpc) is 2.73. The van der Waals surface area contributed by atoms with Gasteiger partial charge in [-0.15, -0.1) is 0 Å². The van der Waals surface area contributed by atoms with E-state index in [2.05, 4.69) is 13.8 Å². The molecule has 1 saturated heterocycles. The molecule has 0 saturated carbocycles. The maximum Gasteiger partial charge on any atom is 0.260 e. The molecule has 1 fully saturated rings. The second kappa shape index (κ2) is 8.84. The lowest BCUT2D eigenvalue weighted by Gasteiger charge is -2.34. The average molecular weight is 419 g/mol. The van der Waals surface area contributed by atoms with Gasteiger partial charge in [-0.05, 0) is 47.9 Å². The predicted molar refractivity (Wildman–Crippen MR) is 109 cm³/mol. The molecule has 2 aromatic rings. The summed E-state index contributed by atoms with van der Waals surface area (Å²) in [7, 11) is -3.57. The summed E-state index contributed by atoms with van der Waals surface area (Å²) in [6.07, 6.45) is 0. The van der Waals surface area contributed by atoms with E-state index in [-0.39, 0.29) is 36.2 Å². The van der Waals surface area contributed by atoms with Crippen LogP contribution in [0.15, 0.2) is 53.4 Å². The number of sulfonamides is 1. The van der Waals surface area contributed by atoms with Gasteiger partial charge in [0.05, 0.1) is 4.90 Å². The predicted octanol–water partition coefficient (Wildman–Crippen LogP) is 2.43. The van der Waals surface area contributed by atoms with Crippen molar-refractivity contribution in [1.29, 1.82) is 0 Å². The van der Waals surface area contributed by atoms with Crippen molar-refractivity contribution in [2.24, 2.45) is 0 Å². The zero-order valence-electron chi connectivity index (χ0n) is 16.6. The number of hydrogen-bond donors (Lipinski definition) is 1. The molecule has 0 atom stereocenters. The molecule has 1 N–H and O–H groups in total. The van der Waals surface area contributed by atoms with Crippen molar-refractivity contribution in [3.63, 3.8) is 0 Å². The Bertz CT molecular complexity index is 932. The standard InChI is InChI=1S/C21H26N2O5S/c1-16(2)17-3-9-20(10-4-17)29(26,27)23-13-11-22(12-14-23)21(25)15-28-19-7-5-18(24)6-8-19/h3-10,16,24H,11-15H2,1-2H3. The van der Waals surface area contributed by atoms with Crippen molar-refractivity contribution in [3.8, 4) is 11.5 Å². The maximum atomic E-state index is 12.9. The van der Waals surface area contributed by atoms with Crippen LogP contribution in [0.1, 0.15) is 25.3 Å². The number of hydrogen-bond acceptors (Lipinski definition) is 5. The molecule has 0 aromatic heterocycles. The second-order valence-corrected chi connectivity index (χ2v) is 9.23. The molecule has 156 valence electrons. The number of phenols is 1. The van der Waals surface area contributed by atoms with Gasteiger partial charge in [0.25, 0.3) is 5.91 Å². The minimum absolute atomic E-state index is 0.125. The Morgan fingerprint density at radius 3 is 2.14 bits per heavy atom. The molecule has 0 aliphatic carbocycles. The van der Waals surface area contributed by atoms with Crippen molar-refractivity contribution in [2.75, 3.05) is 32.8 Å². The molecule has 1 heterocycles. The normalized spacial score (nSPS) is 15.5. The molecule has 1 amide bonds. The topological polar surface area (TPSA) is 87.2 Å². The molecule has 3 rings (SSSR count). The lowest BCUT2D eigenvalue weighted by atomic mass is 10.0. The Morgan fingerprint density at radius 1 is 1.00 bits per heavy atom. The first kappa shape index (κ1) is 21.1. The summed E-state index contributed by atoms with van der Waals surface area (Å²) < 4.78 is 32.6. The second-order valence-electron chi connectivity index (χ2n) is 7.29. The molecule has 7 nitrogen and oxygen atoms in total. The van der Waals surface area contributed by atoms with E-state index < -0.39 is 10.0 Å². The number of carbonyl (C=O) groups excluding carboxylic acids is 1. The van der Waals surface area contributed by atoms with Crippen molar-refractivity contribution < 1.29 is 23.1 Å². The number of phenolic OH excluding ortho intramolecular Hbond substituents is 1. The number of ether oxygens (including phenoxy) is 1. The van der Waals surface area contributed by atoms with Gasteiger partial charge in [0.2, 0.25) is 10.0 Å². The number of carbonyl (C=O) groups is 1. The fraction of sp³-hybridized carbons (Fsp3) is 0.381. The van der Waals surface area contributed by atoms with Crippen LogP contribution in [-0.2, 0) is 14.8 Å². The summed E-state index contributed by atoms with van der Waals surface area (Å²) in [5.74, 6) is 0.753. The molecular weight excluding hydrogens is 392 g/mol. The van der Waals surface area contributed by atoms with Gasteiger partial charge >= 0.3 is 0 Å². The molecule has 0 bridgehead atoms. The van der Waals surface area contributed by atoms with E-state index in [1.165, 1.54) is 16.4 Å². The van der Waals surface area contributed by atoms with E-state index in [1.54, 1.807) is 29.2 Å². The van der Waals surface area contributed by atoms with Crippen molar-refractivity contribution in [3.05, 3.63) is 54.1 Å². The highest BCUT2D eigenvalue weighted by molar-refractivity contribution is 7.89. The van der Waals surface area contributed by atoms with E-state index >= 15 is 0 Å². The van der Waals surface area contributed by atoms with Crippen LogP contribution < -0.4 is 4.74 Å². The zero-order valence-corrected chi connectivity index (χ0v) is 17.4. The van der Waals surface area contributed by atoms with Gasteiger partial charge in [-0.1, -0.05) is 26.0 Å². The van der Waals surface area contributed by atoms with Crippen LogP contribution in [-0.4, -0.2) is 61.4 Å². The number of rotatable bonds is 6. The molecule has 0 unspecified atom stereocenters. The van der Waals surface area contributed by atoms with Crippen LogP contribution in [0.2, 0.25) is 0 Å². The maximum absolute atomic E-state index is 12.9. The monoisotopic (exact) mass is 418 g/mol. The summed E-state index contributed by atoms with van der Waals surface area (Å²) in [6.45, 7) is 5.13. The highest BCUT2D eigenvalue weighted by atomic mass is 32.2. The Balaban J connectivity index is 1.54. The summed E-state index contributed by atoms with van der Waals surface area (Å²) in [6, 6.07) is 13.1. The number of aromatic hydroxyl groups is 1. The van der Waals surface area contributed by atoms with Gasteiger partial charge in [0.15, 0.2) is 6.61 Å². The number of benzene rings is 2. The lowest BCUT2D eigenvalue weighted by Crippen LogP contribution is -2.51. The summed E-state index contributed by atoms with van der Waals surface area (Å²) >= 11 is 0. The molecule has 0 spiro atoms. The minimum Gasteiger partial charge on any atom is -0.508 e. The Kier molecular flexibility index (Phi) is 6.44. The highest BCUT2D eigenvalue weighted by Gasteiger charge is 2.30. The fourth-order valence-electron chi connectivity index (χ4n) is 3.13.